The van der Waals surface area contributed by atoms with E-state index in [1.165, 1.54) is 18.9 Å². The van der Waals surface area contributed by atoms with Gasteiger partial charge in [0.25, 0.3) is 0 Å². The number of sulfonamides is 1. The van der Waals surface area contributed by atoms with Crippen LogP contribution >= 0.6 is 0 Å². The molecule has 0 aliphatic heterocycles. The summed E-state index contributed by atoms with van der Waals surface area (Å²) in [6, 6.07) is 4.63. The third kappa shape index (κ3) is 4.66. The molecular weight excluding hydrogens is 278 g/mol. The molecule has 1 aliphatic rings. The Labute approximate surface area is 119 Å². The summed E-state index contributed by atoms with van der Waals surface area (Å²) >= 11 is 0. The van der Waals surface area contributed by atoms with Crippen LogP contribution in [0.25, 0.3) is 0 Å². The van der Waals surface area contributed by atoms with E-state index in [1.807, 2.05) is 0 Å². The molecule has 0 radical (unpaired) electrons. The van der Waals surface area contributed by atoms with Crippen LogP contribution in [-0.2, 0) is 14.8 Å². The Morgan fingerprint density at radius 3 is 2.75 bits per heavy atom. The van der Waals surface area contributed by atoms with Crippen LogP contribution in [0.15, 0.2) is 23.1 Å². The summed E-state index contributed by atoms with van der Waals surface area (Å²) in [7, 11) is -3.78. The number of hydrogen-bond donors (Lipinski definition) is 3. The highest BCUT2D eigenvalue weighted by atomic mass is 32.2. The zero-order valence-corrected chi connectivity index (χ0v) is 12.2. The van der Waals surface area contributed by atoms with E-state index >= 15 is 0 Å². The standard InChI is InChI=1S/C13H21N3O3S/c14-11-4-5-12(13(8-11)20(15,17)18)16-6-1-7-19-9-10-2-3-10/h4-5,8,10,16H,1-3,6-7,9,14H2,(H2,15,17,18). The smallest absolute Gasteiger partial charge is 0.240 e. The third-order valence-corrected chi connectivity index (χ3v) is 4.09. The van der Waals surface area contributed by atoms with Gasteiger partial charge < -0.3 is 15.8 Å². The number of primary sulfonamides is 1. The minimum Gasteiger partial charge on any atom is -0.399 e. The van der Waals surface area contributed by atoms with Crippen LogP contribution in [0, 0.1) is 5.92 Å². The predicted molar refractivity (Wildman–Crippen MR) is 78.9 cm³/mol. The Morgan fingerprint density at radius 2 is 2.10 bits per heavy atom. The molecule has 1 saturated carbocycles. The van der Waals surface area contributed by atoms with Gasteiger partial charge in [-0.3, -0.25) is 0 Å². The Hall–Kier alpha value is -1.31. The van der Waals surface area contributed by atoms with Crippen LogP contribution in [-0.4, -0.2) is 28.2 Å². The molecule has 1 aromatic carbocycles. The number of nitrogens with one attached hydrogen (secondary N) is 1. The van der Waals surface area contributed by atoms with Crippen molar-refractivity contribution in [3.05, 3.63) is 18.2 Å². The van der Waals surface area contributed by atoms with Crippen molar-refractivity contribution in [2.45, 2.75) is 24.2 Å². The Morgan fingerprint density at radius 1 is 1.35 bits per heavy atom. The molecule has 1 aliphatic carbocycles. The molecule has 2 rings (SSSR count). The lowest BCUT2D eigenvalue weighted by Gasteiger charge is -2.11. The summed E-state index contributed by atoms with van der Waals surface area (Å²) in [5.74, 6) is 0.758. The predicted octanol–water partition coefficient (Wildman–Crippen LogP) is 1.14. The highest BCUT2D eigenvalue weighted by Crippen LogP contribution is 2.28. The van der Waals surface area contributed by atoms with Crippen molar-refractivity contribution in [2.24, 2.45) is 11.1 Å². The average molecular weight is 299 g/mol. The van der Waals surface area contributed by atoms with Crippen LogP contribution < -0.4 is 16.2 Å². The molecule has 20 heavy (non-hydrogen) atoms. The first-order valence-electron chi connectivity index (χ1n) is 6.71. The van der Waals surface area contributed by atoms with Gasteiger partial charge in [0.1, 0.15) is 4.90 Å². The first-order chi connectivity index (χ1) is 9.47. The van der Waals surface area contributed by atoms with Gasteiger partial charge >= 0.3 is 0 Å². The fourth-order valence-electron chi connectivity index (χ4n) is 1.85. The van der Waals surface area contributed by atoms with Gasteiger partial charge in [-0.15, -0.1) is 0 Å². The molecule has 1 fully saturated rings. The van der Waals surface area contributed by atoms with E-state index in [9.17, 15) is 8.42 Å². The van der Waals surface area contributed by atoms with E-state index in [1.54, 1.807) is 12.1 Å². The average Bonchev–Trinajstić information content (AvgIpc) is 3.18. The van der Waals surface area contributed by atoms with E-state index in [-0.39, 0.29) is 4.90 Å². The Bertz CT molecular complexity index is 556. The Kier molecular flexibility index (Phi) is 4.85. The maximum atomic E-state index is 11.5. The van der Waals surface area contributed by atoms with Crippen LogP contribution in [0.5, 0.6) is 0 Å². The second kappa shape index (κ2) is 6.43. The summed E-state index contributed by atoms with van der Waals surface area (Å²) < 4.78 is 28.5. The van der Waals surface area contributed by atoms with Crippen LogP contribution in [0.4, 0.5) is 11.4 Å². The van der Waals surface area contributed by atoms with Gasteiger partial charge in [-0.1, -0.05) is 0 Å². The van der Waals surface area contributed by atoms with Crippen molar-refractivity contribution in [2.75, 3.05) is 30.8 Å². The first kappa shape index (κ1) is 15.1. The normalized spacial score (nSPS) is 15.2. The van der Waals surface area contributed by atoms with E-state index in [2.05, 4.69) is 5.32 Å². The van der Waals surface area contributed by atoms with Crippen LogP contribution in [0.2, 0.25) is 0 Å². The topological polar surface area (TPSA) is 107 Å². The first-order valence-corrected chi connectivity index (χ1v) is 8.25. The molecule has 0 aromatic heterocycles. The number of hydrogen-bond acceptors (Lipinski definition) is 5. The molecule has 0 saturated heterocycles. The van der Waals surface area contributed by atoms with Gasteiger partial charge in [-0.25, -0.2) is 13.6 Å². The maximum absolute atomic E-state index is 11.5. The van der Waals surface area contributed by atoms with Crippen molar-refractivity contribution in [3.8, 4) is 0 Å². The summed E-state index contributed by atoms with van der Waals surface area (Å²) in [5.41, 5.74) is 6.43. The number of rotatable bonds is 8. The molecule has 1 aromatic rings. The van der Waals surface area contributed by atoms with Crippen molar-refractivity contribution < 1.29 is 13.2 Å². The zero-order valence-electron chi connectivity index (χ0n) is 11.3. The number of anilines is 2. The van der Waals surface area contributed by atoms with E-state index in [0.29, 0.717) is 24.5 Å². The van der Waals surface area contributed by atoms with Gasteiger partial charge in [-0.2, -0.15) is 0 Å². The number of nitrogens with two attached hydrogens (primary N) is 2. The lowest BCUT2D eigenvalue weighted by Crippen LogP contribution is -2.16. The lowest BCUT2D eigenvalue weighted by atomic mass is 10.3. The number of nitrogen functional groups attached to an aromatic ring is 1. The van der Waals surface area contributed by atoms with Gasteiger partial charge in [0.15, 0.2) is 0 Å². The van der Waals surface area contributed by atoms with E-state index in [4.69, 9.17) is 15.6 Å². The molecular formula is C13H21N3O3S. The number of benzene rings is 1. The fourth-order valence-corrected chi connectivity index (χ4v) is 2.60. The molecule has 112 valence electrons. The van der Waals surface area contributed by atoms with Crippen molar-refractivity contribution in [1.82, 2.24) is 0 Å². The summed E-state index contributed by atoms with van der Waals surface area (Å²) in [5, 5.41) is 8.23. The van der Waals surface area contributed by atoms with Gasteiger partial charge in [0, 0.05) is 25.4 Å². The SMILES string of the molecule is Nc1ccc(NCCCOCC2CC2)c(S(N)(=O)=O)c1. The van der Waals surface area contributed by atoms with Crippen LogP contribution in [0.1, 0.15) is 19.3 Å². The monoisotopic (exact) mass is 299 g/mol. The lowest BCUT2D eigenvalue weighted by molar-refractivity contribution is 0.124. The second-order valence-electron chi connectivity index (χ2n) is 5.10. The zero-order chi connectivity index (χ0) is 14.6. The highest BCUT2D eigenvalue weighted by molar-refractivity contribution is 7.89. The molecule has 6 nitrogen and oxygen atoms in total. The Balaban J connectivity index is 1.82. The van der Waals surface area contributed by atoms with Crippen molar-refractivity contribution in [1.29, 1.82) is 0 Å². The van der Waals surface area contributed by atoms with Gasteiger partial charge in [0.05, 0.1) is 5.69 Å². The molecule has 0 amide bonds. The summed E-state index contributed by atoms with van der Waals surface area (Å²) in [6.45, 7) is 2.13. The second-order valence-corrected chi connectivity index (χ2v) is 6.63. The summed E-state index contributed by atoms with van der Waals surface area (Å²) in [6.07, 6.45) is 3.37. The quantitative estimate of drug-likeness (QED) is 0.493. The molecule has 5 N–H and O–H groups in total. The molecule has 0 bridgehead atoms. The van der Waals surface area contributed by atoms with Crippen molar-refractivity contribution >= 4 is 21.4 Å². The summed E-state index contributed by atoms with van der Waals surface area (Å²) in [4.78, 5) is 0.0244. The largest absolute Gasteiger partial charge is 0.399 e. The molecule has 0 unspecified atom stereocenters. The minimum atomic E-state index is -3.78. The van der Waals surface area contributed by atoms with Crippen LogP contribution in [0.3, 0.4) is 0 Å². The highest BCUT2D eigenvalue weighted by Gasteiger charge is 2.20. The van der Waals surface area contributed by atoms with Crippen molar-refractivity contribution in [3.63, 3.8) is 0 Å². The minimum absolute atomic E-state index is 0.0244. The van der Waals surface area contributed by atoms with E-state index < -0.39 is 10.0 Å². The number of ether oxygens (including phenoxy) is 1. The molecule has 7 heteroatoms. The maximum Gasteiger partial charge on any atom is 0.240 e. The third-order valence-electron chi connectivity index (χ3n) is 3.14. The van der Waals surface area contributed by atoms with E-state index in [0.717, 1.165) is 18.9 Å². The molecule has 0 heterocycles. The van der Waals surface area contributed by atoms with Gasteiger partial charge in [0.2, 0.25) is 10.0 Å². The van der Waals surface area contributed by atoms with Gasteiger partial charge in [-0.05, 0) is 43.4 Å². The molecule has 0 spiro atoms. The molecule has 0 atom stereocenters. The fraction of sp³-hybridized carbons (Fsp3) is 0.538.